The normalized spacial score (nSPS) is 15.4. The Morgan fingerprint density at radius 1 is 1.30 bits per heavy atom. The highest BCUT2D eigenvalue weighted by atomic mass is 79.9. The third-order valence-corrected chi connectivity index (χ3v) is 3.38. The highest BCUT2D eigenvalue weighted by Crippen LogP contribution is 2.34. The topological polar surface area (TPSA) is 32.3 Å². The van der Waals surface area contributed by atoms with E-state index in [-0.39, 0.29) is 18.1 Å². The molecular weight excluding hydrogens is 335 g/mol. The first-order chi connectivity index (χ1) is 9.24. The van der Waals surface area contributed by atoms with E-state index in [1.807, 2.05) is 13.8 Å². The van der Waals surface area contributed by atoms with Crippen LogP contribution in [0.15, 0.2) is 28.7 Å². The summed E-state index contributed by atoms with van der Waals surface area (Å²) in [5, 5.41) is 11.8. The van der Waals surface area contributed by atoms with Crippen molar-refractivity contribution in [3.8, 4) is 0 Å². The summed E-state index contributed by atoms with van der Waals surface area (Å²) < 4.78 is 40.2. The first kappa shape index (κ1) is 17.5. The summed E-state index contributed by atoms with van der Waals surface area (Å²) in [4.78, 5) is 0. The summed E-state index contributed by atoms with van der Waals surface area (Å²) in [6.45, 7) is 3.50. The summed E-state index contributed by atoms with van der Waals surface area (Å²) >= 11 is 3.18. The van der Waals surface area contributed by atoms with Gasteiger partial charge in [-0.2, -0.15) is 13.2 Å². The molecule has 114 valence electrons. The maximum Gasteiger partial charge on any atom is 0.407 e. The zero-order valence-corrected chi connectivity index (χ0v) is 13.0. The molecular formula is C14H19BrF3NO. The van der Waals surface area contributed by atoms with Crippen molar-refractivity contribution in [3.05, 3.63) is 34.3 Å². The Hall–Kier alpha value is -0.590. The van der Waals surface area contributed by atoms with Gasteiger partial charge in [0.05, 0.1) is 6.61 Å². The maximum atomic E-state index is 13.2. The molecule has 0 radical (unpaired) electrons. The fraction of sp³-hybridized carbons (Fsp3) is 0.571. The summed E-state index contributed by atoms with van der Waals surface area (Å²) in [5.74, 6) is 0.205. The summed E-state index contributed by atoms with van der Waals surface area (Å²) in [6.07, 6.45) is -3.93. The van der Waals surface area contributed by atoms with Crippen molar-refractivity contribution in [2.45, 2.75) is 38.5 Å². The minimum absolute atomic E-state index is 0.133. The highest BCUT2D eigenvalue weighted by Gasteiger charge is 2.41. The van der Waals surface area contributed by atoms with E-state index in [1.165, 1.54) is 12.1 Å². The number of hydrogen-bond donors (Lipinski definition) is 2. The third-order valence-electron chi connectivity index (χ3n) is 2.89. The lowest BCUT2D eigenvalue weighted by Crippen LogP contribution is -2.43. The molecule has 0 fully saturated rings. The maximum absolute atomic E-state index is 13.2. The van der Waals surface area contributed by atoms with Gasteiger partial charge in [0, 0.05) is 10.5 Å². The Balaban J connectivity index is 2.96. The molecule has 0 bridgehead atoms. The molecule has 0 saturated heterocycles. The number of rotatable bonds is 6. The van der Waals surface area contributed by atoms with E-state index in [4.69, 9.17) is 0 Å². The van der Waals surface area contributed by atoms with Gasteiger partial charge >= 0.3 is 6.18 Å². The van der Waals surface area contributed by atoms with Crippen LogP contribution in [0.5, 0.6) is 0 Å². The van der Waals surface area contributed by atoms with Gasteiger partial charge in [-0.25, -0.2) is 0 Å². The Morgan fingerprint density at radius 3 is 2.40 bits per heavy atom. The van der Waals surface area contributed by atoms with Crippen LogP contribution in [0.25, 0.3) is 0 Å². The minimum atomic E-state index is -4.41. The molecule has 2 nitrogen and oxygen atoms in total. The Kier molecular flexibility index (Phi) is 6.48. The van der Waals surface area contributed by atoms with E-state index in [1.54, 1.807) is 12.1 Å². The van der Waals surface area contributed by atoms with Gasteiger partial charge in [0.1, 0.15) is 6.04 Å². The van der Waals surface area contributed by atoms with E-state index in [9.17, 15) is 18.3 Å². The van der Waals surface area contributed by atoms with Gasteiger partial charge in [-0.1, -0.05) is 41.9 Å². The summed E-state index contributed by atoms with van der Waals surface area (Å²) in [5.41, 5.74) is 0.133. The van der Waals surface area contributed by atoms with Crippen LogP contribution in [-0.4, -0.2) is 23.9 Å². The highest BCUT2D eigenvalue weighted by molar-refractivity contribution is 9.10. The van der Waals surface area contributed by atoms with Crippen LogP contribution in [0, 0.1) is 5.92 Å². The number of benzene rings is 1. The first-order valence-electron chi connectivity index (χ1n) is 6.43. The quantitative estimate of drug-likeness (QED) is 0.808. The fourth-order valence-electron chi connectivity index (χ4n) is 2.07. The second kappa shape index (κ2) is 7.43. The van der Waals surface area contributed by atoms with Gasteiger partial charge in [0.2, 0.25) is 0 Å². The van der Waals surface area contributed by atoms with Crippen molar-refractivity contribution in [2.75, 3.05) is 6.61 Å². The van der Waals surface area contributed by atoms with Crippen molar-refractivity contribution in [1.82, 2.24) is 5.32 Å². The molecule has 0 amide bonds. The number of alkyl halides is 3. The minimum Gasteiger partial charge on any atom is -0.395 e. The Morgan fingerprint density at radius 2 is 1.95 bits per heavy atom. The van der Waals surface area contributed by atoms with Crippen molar-refractivity contribution >= 4 is 15.9 Å². The number of aliphatic hydroxyl groups is 1. The average molecular weight is 354 g/mol. The molecule has 0 aromatic heterocycles. The second-order valence-electron chi connectivity index (χ2n) is 5.21. The second-order valence-corrected chi connectivity index (χ2v) is 6.12. The lowest BCUT2D eigenvalue weighted by atomic mass is 10.0. The Labute approximate surface area is 125 Å². The largest absolute Gasteiger partial charge is 0.407 e. The van der Waals surface area contributed by atoms with Gasteiger partial charge in [0.25, 0.3) is 0 Å². The lowest BCUT2D eigenvalue weighted by Gasteiger charge is -2.28. The van der Waals surface area contributed by atoms with Gasteiger partial charge in [0.15, 0.2) is 0 Å². The van der Waals surface area contributed by atoms with E-state index >= 15 is 0 Å². The molecule has 0 aliphatic heterocycles. The standard InChI is InChI=1S/C14H19BrF3NO/c1-9(2)6-12(8-20)19-13(14(16,17)18)10-4-3-5-11(15)7-10/h3-5,7,9,12-13,19-20H,6,8H2,1-2H3/t12?,13-/m0/s1. The van der Waals surface area contributed by atoms with Gasteiger partial charge in [-0.05, 0) is 30.0 Å². The SMILES string of the molecule is CC(C)CC(CO)N[C@@H](c1cccc(Br)c1)C(F)(F)F. The molecule has 1 aromatic rings. The van der Waals surface area contributed by atoms with Crippen LogP contribution in [0.1, 0.15) is 31.9 Å². The van der Waals surface area contributed by atoms with Crippen molar-refractivity contribution in [3.63, 3.8) is 0 Å². The third kappa shape index (κ3) is 5.42. The predicted molar refractivity (Wildman–Crippen MR) is 76.4 cm³/mol. The monoisotopic (exact) mass is 353 g/mol. The van der Waals surface area contributed by atoms with E-state index in [2.05, 4.69) is 21.2 Å². The molecule has 0 aliphatic rings. The molecule has 20 heavy (non-hydrogen) atoms. The average Bonchev–Trinajstić information content (AvgIpc) is 2.32. The van der Waals surface area contributed by atoms with Crippen molar-refractivity contribution < 1.29 is 18.3 Å². The number of hydrogen-bond acceptors (Lipinski definition) is 2. The van der Waals surface area contributed by atoms with Crippen LogP contribution in [0.2, 0.25) is 0 Å². The zero-order valence-electron chi connectivity index (χ0n) is 11.4. The Bertz CT molecular complexity index is 423. The van der Waals surface area contributed by atoms with Crippen molar-refractivity contribution in [2.24, 2.45) is 5.92 Å². The fourth-order valence-corrected chi connectivity index (χ4v) is 2.48. The predicted octanol–water partition coefficient (Wildman–Crippen LogP) is 4.05. The smallest absolute Gasteiger partial charge is 0.395 e. The van der Waals surface area contributed by atoms with Crippen LogP contribution in [0.4, 0.5) is 13.2 Å². The van der Waals surface area contributed by atoms with Crippen LogP contribution in [0.3, 0.4) is 0 Å². The molecule has 1 unspecified atom stereocenters. The molecule has 6 heteroatoms. The number of aliphatic hydroxyl groups excluding tert-OH is 1. The van der Waals surface area contributed by atoms with E-state index < -0.39 is 18.3 Å². The molecule has 2 N–H and O–H groups in total. The van der Waals surface area contributed by atoms with Gasteiger partial charge in [-0.3, -0.25) is 5.32 Å². The van der Waals surface area contributed by atoms with Crippen LogP contribution in [-0.2, 0) is 0 Å². The van der Waals surface area contributed by atoms with Gasteiger partial charge in [-0.15, -0.1) is 0 Å². The number of halogens is 4. The first-order valence-corrected chi connectivity index (χ1v) is 7.22. The van der Waals surface area contributed by atoms with Crippen LogP contribution >= 0.6 is 15.9 Å². The molecule has 0 aliphatic carbocycles. The summed E-state index contributed by atoms with van der Waals surface area (Å²) in [7, 11) is 0. The van der Waals surface area contributed by atoms with Crippen molar-refractivity contribution in [1.29, 1.82) is 0 Å². The molecule has 1 aromatic carbocycles. The number of nitrogens with one attached hydrogen (secondary N) is 1. The molecule has 2 atom stereocenters. The van der Waals surface area contributed by atoms with E-state index in [0.717, 1.165) is 0 Å². The lowest BCUT2D eigenvalue weighted by molar-refractivity contribution is -0.160. The molecule has 0 saturated carbocycles. The molecule has 1 rings (SSSR count). The molecule has 0 spiro atoms. The van der Waals surface area contributed by atoms with Gasteiger partial charge < -0.3 is 5.11 Å². The van der Waals surface area contributed by atoms with Crippen LogP contribution < -0.4 is 5.32 Å². The van der Waals surface area contributed by atoms with E-state index in [0.29, 0.717) is 10.9 Å². The summed E-state index contributed by atoms with van der Waals surface area (Å²) in [6, 6.07) is 3.75. The molecule has 0 heterocycles. The zero-order chi connectivity index (χ0) is 15.3.